The van der Waals surface area contributed by atoms with Crippen molar-refractivity contribution in [3.05, 3.63) is 65.2 Å². The number of carbonyl (C=O) groups is 1. The Balaban J connectivity index is 1.40. The molecule has 1 amide bonds. The van der Waals surface area contributed by atoms with Crippen LogP contribution in [-0.4, -0.2) is 59.1 Å². The van der Waals surface area contributed by atoms with E-state index in [0.29, 0.717) is 30.2 Å². The highest BCUT2D eigenvalue weighted by Crippen LogP contribution is 2.51. The zero-order valence-corrected chi connectivity index (χ0v) is 20.3. The lowest BCUT2D eigenvalue weighted by Crippen LogP contribution is -2.46. The highest BCUT2D eigenvalue weighted by atomic mass is 32.3. The summed E-state index contributed by atoms with van der Waals surface area (Å²) in [5.41, 5.74) is 4.14. The Kier molecular flexibility index (Phi) is 6.01. The number of fused-ring (bicyclic) bond motifs is 1. The van der Waals surface area contributed by atoms with Gasteiger partial charge in [-0.05, 0) is 30.2 Å². The summed E-state index contributed by atoms with van der Waals surface area (Å²) in [6, 6.07) is 9.33. The molecule has 0 spiro atoms. The van der Waals surface area contributed by atoms with E-state index in [4.69, 9.17) is 0 Å². The summed E-state index contributed by atoms with van der Waals surface area (Å²) in [6.07, 6.45) is 6.06. The number of H-pyrrole nitrogens is 1. The summed E-state index contributed by atoms with van der Waals surface area (Å²) in [5.74, 6) is 0.0454. The van der Waals surface area contributed by atoms with Gasteiger partial charge in [0.25, 0.3) is 5.91 Å². The molecule has 1 saturated heterocycles. The molecule has 3 aromatic rings. The van der Waals surface area contributed by atoms with Crippen LogP contribution in [0.15, 0.2) is 42.7 Å². The van der Waals surface area contributed by atoms with Crippen LogP contribution in [0, 0.1) is 5.41 Å². The molecule has 1 fully saturated rings. The molecule has 0 bridgehead atoms. The lowest BCUT2D eigenvalue weighted by molar-refractivity contribution is 0.102. The maximum atomic E-state index is 13.0. The standard InChI is InChI=1S/C24H32N6O3S/c1-24(2)9-8-18-19(12-24)28-29-21(18)23(31)27-17-13-26-30(15-17)22(16-6-4-3-5-7-16)20-14-25-10-11-34(20,32)33/h3-7,13,15,20,22,25,32-33H,8-12,14H2,1-2H3,(H,27,31)(H,28,29). The van der Waals surface area contributed by atoms with Crippen LogP contribution in [0.2, 0.25) is 0 Å². The Morgan fingerprint density at radius 3 is 2.85 bits per heavy atom. The van der Waals surface area contributed by atoms with Crippen molar-refractivity contribution >= 4 is 22.2 Å². The third kappa shape index (κ3) is 4.50. The quantitative estimate of drug-likeness (QED) is 0.376. The molecular formula is C24H32N6O3S. The molecule has 0 radical (unpaired) electrons. The van der Waals surface area contributed by atoms with Crippen molar-refractivity contribution in [2.24, 2.45) is 5.41 Å². The maximum absolute atomic E-state index is 13.0. The van der Waals surface area contributed by atoms with Crippen LogP contribution >= 0.6 is 10.6 Å². The Labute approximate surface area is 200 Å². The highest BCUT2D eigenvalue weighted by Gasteiger charge is 2.38. The summed E-state index contributed by atoms with van der Waals surface area (Å²) in [4.78, 5) is 13.0. The summed E-state index contributed by atoms with van der Waals surface area (Å²) in [5, 5.41) is 17.6. The number of amides is 1. The lowest BCUT2D eigenvalue weighted by Gasteiger charge is -2.47. The fourth-order valence-electron chi connectivity index (χ4n) is 5.04. The lowest BCUT2D eigenvalue weighted by atomic mass is 9.76. The van der Waals surface area contributed by atoms with Crippen molar-refractivity contribution in [1.29, 1.82) is 0 Å². The smallest absolute Gasteiger partial charge is 0.276 e. The summed E-state index contributed by atoms with van der Waals surface area (Å²) in [6.45, 7) is 5.50. The van der Waals surface area contributed by atoms with E-state index in [2.05, 4.69) is 39.8 Å². The van der Waals surface area contributed by atoms with E-state index in [1.54, 1.807) is 17.1 Å². The first kappa shape index (κ1) is 23.1. The fraction of sp³-hybridized carbons (Fsp3) is 0.458. The monoisotopic (exact) mass is 484 g/mol. The van der Waals surface area contributed by atoms with Gasteiger partial charge in [-0.1, -0.05) is 44.2 Å². The molecule has 2 aromatic heterocycles. The number of anilines is 1. The highest BCUT2D eigenvalue weighted by molar-refractivity contribution is 8.24. The zero-order valence-electron chi connectivity index (χ0n) is 19.5. The number of aromatic amines is 1. The molecule has 10 heteroatoms. The first-order valence-electron chi connectivity index (χ1n) is 11.7. The Morgan fingerprint density at radius 1 is 1.29 bits per heavy atom. The van der Waals surface area contributed by atoms with E-state index in [0.717, 1.165) is 36.1 Å². The van der Waals surface area contributed by atoms with E-state index in [-0.39, 0.29) is 17.4 Å². The van der Waals surface area contributed by atoms with E-state index in [1.165, 1.54) is 0 Å². The van der Waals surface area contributed by atoms with Gasteiger partial charge in [-0.2, -0.15) is 20.8 Å². The molecule has 1 aliphatic carbocycles. The molecule has 0 saturated carbocycles. The number of carbonyl (C=O) groups excluding carboxylic acids is 1. The molecule has 2 unspecified atom stereocenters. The van der Waals surface area contributed by atoms with E-state index in [1.807, 2.05) is 30.3 Å². The third-order valence-corrected chi connectivity index (χ3v) is 9.12. The number of nitrogens with zero attached hydrogens (tertiary/aromatic N) is 3. The van der Waals surface area contributed by atoms with Crippen LogP contribution in [-0.2, 0) is 12.8 Å². The van der Waals surface area contributed by atoms with E-state index in [9.17, 15) is 13.9 Å². The fourth-order valence-corrected chi connectivity index (χ4v) is 6.86. The van der Waals surface area contributed by atoms with Gasteiger partial charge in [-0.3, -0.25) is 23.7 Å². The maximum Gasteiger partial charge on any atom is 0.276 e. The molecule has 2 aliphatic rings. The number of hydrogen-bond acceptors (Lipinski definition) is 6. The number of rotatable bonds is 5. The minimum atomic E-state index is -2.81. The molecule has 34 heavy (non-hydrogen) atoms. The minimum Gasteiger partial charge on any atom is -0.318 e. The largest absolute Gasteiger partial charge is 0.318 e. The summed E-state index contributed by atoms with van der Waals surface area (Å²) < 4.78 is 23.4. The van der Waals surface area contributed by atoms with Crippen molar-refractivity contribution in [2.75, 3.05) is 24.2 Å². The predicted molar refractivity (Wildman–Crippen MR) is 134 cm³/mol. The van der Waals surface area contributed by atoms with Gasteiger partial charge in [-0.15, -0.1) is 0 Å². The SMILES string of the molecule is CC1(C)CCc2c(C(=O)Nc3cnn(C(c4ccccc4)C4CNCCS4(O)O)c3)n[nH]c2C1. The number of aromatic nitrogens is 4. The van der Waals surface area contributed by atoms with Crippen LogP contribution in [0.3, 0.4) is 0 Å². The summed E-state index contributed by atoms with van der Waals surface area (Å²) in [7, 11) is -2.81. The number of benzene rings is 1. The van der Waals surface area contributed by atoms with Crippen LogP contribution in [0.1, 0.15) is 53.6 Å². The normalized spacial score (nSPS) is 23.0. The van der Waals surface area contributed by atoms with Crippen molar-refractivity contribution in [3.63, 3.8) is 0 Å². The number of nitrogens with one attached hydrogen (secondary N) is 3. The van der Waals surface area contributed by atoms with Gasteiger partial charge in [0.15, 0.2) is 5.69 Å². The molecule has 5 N–H and O–H groups in total. The third-order valence-electron chi connectivity index (χ3n) is 6.92. The average molecular weight is 485 g/mol. The van der Waals surface area contributed by atoms with Gasteiger partial charge in [-0.25, -0.2) is 0 Å². The average Bonchev–Trinajstić information content (AvgIpc) is 3.42. The van der Waals surface area contributed by atoms with Gasteiger partial charge >= 0.3 is 0 Å². The second-order valence-electron chi connectivity index (χ2n) is 10.1. The van der Waals surface area contributed by atoms with Crippen LogP contribution in [0.25, 0.3) is 0 Å². The van der Waals surface area contributed by atoms with Crippen molar-refractivity contribution in [2.45, 2.75) is 44.4 Å². The van der Waals surface area contributed by atoms with Crippen LogP contribution in [0.5, 0.6) is 0 Å². The topological polar surface area (TPSA) is 128 Å². The molecule has 182 valence electrons. The molecular weight excluding hydrogens is 452 g/mol. The summed E-state index contributed by atoms with van der Waals surface area (Å²) >= 11 is 0. The molecule has 3 heterocycles. The first-order chi connectivity index (χ1) is 16.2. The molecule has 1 aliphatic heterocycles. The van der Waals surface area contributed by atoms with Crippen molar-refractivity contribution in [1.82, 2.24) is 25.3 Å². The molecule has 5 rings (SSSR count). The second-order valence-corrected chi connectivity index (χ2v) is 12.5. The van der Waals surface area contributed by atoms with Gasteiger partial charge in [0.1, 0.15) is 0 Å². The molecule has 2 atom stereocenters. The Bertz CT molecular complexity index is 1170. The first-order valence-corrected chi connectivity index (χ1v) is 13.4. The Hall–Kier alpha value is -2.66. The zero-order chi connectivity index (χ0) is 23.9. The number of hydrogen-bond donors (Lipinski definition) is 5. The van der Waals surface area contributed by atoms with Crippen molar-refractivity contribution in [3.8, 4) is 0 Å². The van der Waals surface area contributed by atoms with Crippen LogP contribution in [0.4, 0.5) is 5.69 Å². The van der Waals surface area contributed by atoms with Crippen molar-refractivity contribution < 1.29 is 13.9 Å². The van der Waals surface area contributed by atoms with E-state index >= 15 is 0 Å². The van der Waals surface area contributed by atoms with E-state index < -0.39 is 15.8 Å². The van der Waals surface area contributed by atoms with Gasteiger partial charge in [0, 0.05) is 30.5 Å². The van der Waals surface area contributed by atoms with Gasteiger partial charge in [0.2, 0.25) is 0 Å². The second kappa shape index (κ2) is 8.84. The predicted octanol–water partition coefficient (Wildman–Crippen LogP) is 3.69. The Morgan fingerprint density at radius 2 is 2.09 bits per heavy atom. The van der Waals surface area contributed by atoms with Gasteiger partial charge < -0.3 is 10.6 Å². The molecule has 9 nitrogen and oxygen atoms in total. The minimum absolute atomic E-state index is 0.200. The van der Waals surface area contributed by atoms with Crippen LogP contribution < -0.4 is 10.6 Å². The van der Waals surface area contributed by atoms with Gasteiger partial charge in [0.05, 0.1) is 28.9 Å². The molecule has 1 aromatic carbocycles.